The van der Waals surface area contributed by atoms with Gasteiger partial charge in [-0.15, -0.1) is 0 Å². The first-order valence-electron chi connectivity index (χ1n) is 5.72. The first-order valence-corrected chi connectivity index (χ1v) is 7.30. The Morgan fingerprint density at radius 1 is 1.35 bits per heavy atom. The third-order valence-corrected chi connectivity index (χ3v) is 4.55. The van der Waals surface area contributed by atoms with Crippen molar-refractivity contribution in [3.05, 3.63) is 44.6 Å². The Labute approximate surface area is 133 Å². The molecule has 0 spiro atoms. The number of benzene rings is 1. The van der Waals surface area contributed by atoms with Gasteiger partial charge in [0.1, 0.15) is 0 Å². The monoisotopic (exact) mass is 369 g/mol. The summed E-state index contributed by atoms with van der Waals surface area (Å²) >= 11 is 15.0. The molecule has 0 radical (unpaired) electrons. The molecule has 0 saturated heterocycles. The van der Waals surface area contributed by atoms with Gasteiger partial charge in [-0.3, -0.25) is 4.57 Å². The van der Waals surface area contributed by atoms with Crippen LogP contribution in [0.25, 0.3) is 16.9 Å². The number of H-pyrrole nitrogens is 1. The molecule has 102 valence electrons. The maximum atomic E-state index is 6.14. The summed E-state index contributed by atoms with van der Waals surface area (Å²) in [6.45, 7) is 0. The predicted molar refractivity (Wildman–Crippen MR) is 85.5 cm³/mol. The number of nitrogens with one attached hydrogen (secondary N) is 1. The van der Waals surface area contributed by atoms with Gasteiger partial charge in [-0.05, 0) is 46.3 Å². The Balaban J connectivity index is 2.38. The number of nitrogens with zero attached hydrogens (tertiary/aromatic N) is 2. The van der Waals surface area contributed by atoms with E-state index in [2.05, 4.69) is 25.9 Å². The van der Waals surface area contributed by atoms with E-state index in [4.69, 9.17) is 28.6 Å². The largest absolute Gasteiger partial charge is 0.481 e. The van der Waals surface area contributed by atoms with Gasteiger partial charge in [0.25, 0.3) is 0 Å². The van der Waals surface area contributed by atoms with Crippen molar-refractivity contribution >= 4 is 50.9 Å². The average Bonchev–Trinajstić information content (AvgIpc) is 2.77. The molecular formula is C13H9BrClN3OS. The maximum Gasteiger partial charge on any atom is 0.215 e. The van der Waals surface area contributed by atoms with Crippen LogP contribution < -0.4 is 4.74 Å². The van der Waals surface area contributed by atoms with Crippen LogP contribution in [0.1, 0.15) is 0 Å². The van der Waals surface area contributed by atoms with E-state index in [1.807, 2.05) is 28.8 Å². The maximum absolute atomic E-state index is 6.14. The van der Waals surface area contributed by atoms with E-state index >= 15 is 0 Å². The van der Waals surface area contributed by atoms with E-state index in [1.54, 1.807) is 13.2 Å². The Bertz CT molecular complexity index is 858. The van der Waals surface area contributed by atoms with Crippen LogP contribution in [0, 0.1) is 4.77 Å². The minimum Gasteiger partial charge on any atom is -0.481 e. The lowest BCUT2D eigenvalue weighted by atomic mass is 10.3. The summed E-state index contributed by atoms with van der Waals surface area (Å²) in [4.78, 5) is 7.56. The Hall–Kier alpha value is -1.37. The fourth-order valence-corrected chi connectivity index (χ4v) is 2.87. The molecule has 20 heavy (non-hydrogen) atoms. The molecule has 0 aliphatic heterocycles. The molecular weight excluding hydrogens is 362 g/mol. The number of hydrogen-bond donors (Lipinski definition) is 1. The Morgan fingerprint density at radius 2 is 2.15 bits per heavy atom. The fourth-order valence-electron chi connectivity index (χ4n) is 1.97. The van der Waals surface area contributed by atoms with Gasteiger partial charge in [-0.2, -0.15) is 4.98 Å². The molecule has 0 atom stereocenters. The Kier molecular flexibility index (Phi) is 3.54. The molecule has 1 aromatic carbocycles. The van der Waals surface area contributed by atoms with Gasteiger partial charge in [0, 0.05) is 6.07 Å². The smallest absolute Gasteiger partial charge is 0.215 e. The van der Waals surface area contributed by atoms with Crippen LogP contribution in [-0.2, 0) is 0 Å². The third-order valence-electron chi connectivity index (χ3n) is 2.89. The summed E-state index contributed by atoms with van der Waals surface area (Å²) in [5.74, 6) is 0.526. The molecule has 0 aliphatic carbocycles. The summed E-state index contributed by atoms with van der Waals surface area (Å²) in [6.07, 6.45) is 0. The molecule has 3 rings (SSSR count). The van der Waals surface area contributed by atoms with Gasteiger partial charge in [-0.1, -0.05) is 17.7 Å². The zero-order valence-corrected chi connectivity index (χ0v) is 13.5. The minimum absolute atomic E-state index is 0.526. The van der Waals surface area contributed by atoms with Crippen LogP contribution in [-0.4, -0.2) is 21.6 Å². The summed E-state index contributed by atoms with van der Waals surface area (Å²) in [7, 11) is 1.58. The van der Waals surface area contributed by atoms with Gasteiger partial charge in [0.2, 0.25) is 5.88 Å². The summed E-state index contributed by atoms with van der Waals surface area (Å²) in [5, 5.41) is 0.613. The highest BCUT2D eigenvalue weighted by molar-refractivity contribution is 9.10. The normalized spacial score (nSPS) is 10.9. The zero-order valence-electron chi connectivity index (χ0n) is 10.4. The van der Waals surface area contributed by atoms with Crippen molar-refractivity contribution in [1.82, 2.24) is 14.5 Å². The van der Waals surface area contributed by atoms with Crippen LogP contribution in [0.4, 0.5) is 0 Å². The predicted octanol–water partition coefficient (Wildman–Crippen LogP) is 4.51. The van der Waals surface area contributed by atoms with Gasteiger partial charge in [0.15, 0.2) is 10.4 Å². The molecule has 3 aromatic rings. The molecule has 0 aliphatic rings. The SMILES string of the molecule is COc1ccc2[nH]c(=S)n(-c3cccc(Cl)c3Br)c2n1. The van der Waals surface area contributed by atoms with Crippen LogP contribution >= 0.6 is 39.7 Å². The number of imidazole rings is 1. The number of methoxy groups -OCH3 is 1. The van der Waals surface area contributed by atoms with E-state index in [0.717, 1.165) is 15.7 Å². The number of fused-ring (bicyclic) bond motifs is 1. The molecule has 2 heterocycles. The van der Waals surface area contributed by atoms with Gasteiger partial charge in [-0.25, -0.2) is 0 Å². The van der Waals surface area contributed by atoms with E-state index in [-0.39, 0.29) is 0 Å². The van der Waals surface area contributed by atoms with Gasteiger partial charge < -0.3 is 9.72 Å². The second kappa shape index (κ2) is 5.20. The third kappa shape index (κ3) is 2.13. The van der Waals surface area contributed by atoms with Gasteiger partial charge in [0.05, 0.1) is 27.8 Å². The molecule has 2 aromatic heterocycles. The average molecular weight is 371 g/mol. The molecule has 0 unspecified atom stereocenters. The number of rotatable bonds is 2. The van der Waals surface area contributed by atoms with E-state index in [9.17, 15) is 0 Å². The van der Waals surface area contributed by atoms with Crippen molar-refractivity contribution in [3.63, 3.8) is 0 Å². The second-order valence-corrected chi connectivity index (χ2v) is 5.65. The number of aromatic amines is 1. The van der Waals surface area contributed by atoms with E-state index in [1.165, 1.54) is 0 Å². The quantitative estimate of drug-likeness (QED) is 0.675. The van der Waals surface area contributed by atoms with Crippen molar-refractivity contribution < 1.29 is 4.74 Å². The molecule has 0 fully saturated rings. The highest BCUT2D eigenvalue weighted by Crippen LogP contribution is 2.31. The Morgan fingerprint density at radius 3 is 2.90 bits per heavy atom. The molecule has 0 bridgehead atoms. The minimum atomic E-state index is 0.526. The topological polar surface area (TPSA) is 42.8 Å². The highest BCUT2D eigenvalue weighted by Gasteiger charge is 2.13. The van der Waals surface area contributed by atoms with Crippen molar-refractivity contribution in [2.75, 3.05) is 7.11 Å². The van der Waals surface area contributed by atoms with Crippen LogP contribution in [0.5, 0.6) is 5.88 Å². The van der Waals surface area contributed by atoms with Crippen LogP contribution in [0.15, 0.2) is 34.8 Å². The van der Waals surface area contributed by atoms with Gasteiger partial charge >= 0.3 is 0 Å². The van der Waals surface area contributed by atoms with Crippen molar-refractivity contribution in [3.8, 4) is 11.6 Å². The van der Waals surface area contributed by atoms with Crippen LogP contribution in [0.3, 0.4) is 0 Å². The first kappa shape index (κ1) is 13.6. The molecule has 1 N–H and O–H groups in total. The molecule has 0 amide bonds. The molecule has 7 heteroatoms. The van der Waals surface area contributed by atoms with E-state index < -0.39 is 0 Å². The standard InChI is InChI=1S/C13H9BrClN3OS/c1-19-10-6-5-8-12(17-10)18(13(20)16-8)9-4-2-3-7(15)11(9)14/h2-6H,1H3,(H,16,20). The number of aromatic nitrogens is 3. The number of hydrogen-bond acceptors (Lipinski definition) is 3. The zero-order chi connectivity index (χ0) is 14.3. The number of ether oxygens (including phenoxy) is 1. The lowest BCUT2D eigenvalue weighted by Gasteiger charge is -2.08. The summed E-state index contributed by atoms with van der Waals surface area (Å²) < 4.78 is 8.30. The fraction of sp³-hybridized carbons (Fsp3) is 0.0769. The van der Waals surface area contributed by atoms with Crippen molar-refractivity contribution in [1.29, 1.82) is 0 Å². The van der Waals surface area contributed by atoms with Crippen molar-refractivity contribution in [2.24, 2.45) is 0 Å². The lowest BCUT2D eigenvalue weighted by molar-refractivity contribution is 0.399. The molecule has 4 nitrogen and oxygen atoms in total. The van der Waals surface area contributed by atoms with E-state index in [0.29, 0.717) is 21.3 Å². The second-order valence-electron chi connectivity index (χ2n) is 4.06. The van der Waals surface area contributed by atoms with Crippen LogP contribution in [0.2, 0.25) is 5.02 Å². The lowest BCUT2D eigenvalue weighted by Crippen LogP contribution is -1.98. The summed E-state index contributed by atoms with van der Waals surface area (Å²) in [6, 6.07) is 9.25. The highest BCUT2D eigenvalue weighted by atomic mass is 79.9. The first-order chi connectivity index (χ1) is 9.61. The molecule has 0 saturated carbocycles. The van der Waals surface area contributed by atoms with Crippen molar-refractivity contribution in [2.45, 2.75) is 0 Å². The number of halogens is 2. The number of pyridine rings is 1. The summed E-state index contributed by atoms with van der Waals surface area (Å²) in [5.41, 5.74) is 2.36.